The average Bonchev–Trinajstić information content (AvgIpc) is 2.37. The number of nitrogens with zero attached hydrogens (tertiary/aromatic N) is 1. The maximum atomic E-state index is 12.7. The molecular formula is C13H9ClF3N3O. The summed E-state index contributed by atoms with van der Waals surface area (Å²) in [7, 11) is 0. The molecule has 1 amide bonds. The Hall–Kier alpha value is -2.28. The molecule has 0 aliphatic carbocycles. The van der Waals surface area contributed by atoms with Crippen LogP contribution in [0.1, 0.15) is 15.9 Å². The number of nitrogens with one attached hydrogen (secondary N) is 1. The summed E-state index contributed by atoms with van der Waals surface area (Å²) >= 11 is 5.63. The molecule has 2 rings (SSSR count). The van der Waals surface area contributed by atoms with Gasteiger partial charge >= 0.3 is 6.18 Å². The second kappa shape index (κ2) is 5.61. The number of carbonyl (C=O) groups excluding carboxylic acids is 1. The summed E-state index contributed by atoms with van der Waals surface area (Å²) < 4.78 is 38.0. The lowest BCUT2D eigenvalue weighted by atomic mass is 10.1. The van der Waals surface area contributed by atoms with Crippen LogP contribution < -0.4 is 11.1 Å². The van der Waals surface area contributed by atoms with Gasteiger partial charge in [-0.2, -0.15) is 13.2 Å². The molecule has 1 heterocycles. The maximum absolute atomic E-state index is 12.7. The van der Waals surface area contributed by atoms with Crippen molar-refractivity contribution < 1.29 is 18.0 Å². The number of pyridine rings is 1. The quantitative estimate of drug-likeness (QED) is 0.890. The van der Waals surface area contributed by atoms with Crippen molar-refractivity contribution in [2.45, 2.75) is 6.18 Å². The second-order valence-corrected chi connectivity index (χ2v) is 4.58. The summed E-state index contributed by atoms with van der Waals surface area (Å²) in [5.74, 6) is -0.670. The molecule has 0 atom stereocenters. The van der Waals surface area contributed by atoms with Gasteiger partial charge in [0.05, 0.1) is 11.1 Å². The van der Waals surface area contributed by atoms with Crippen LogP contribution in [-0.4, -0.2) is 10.9 Å². The topological polar surface area (TPSA) is 68.0 Å². The zero-order chi connectivity index (χ0) is 15.6. The molecule has 8 heteroatoms. The van der Waals surface area contributed by atoms with E-state index in [4.69, 9.17) is 17.3 Å². The Morgan fingerprint density at radius 2 is 2.00 bits per heavy atom. The van der Waals surface area contributed by atoms with Gasteiger partial charge in [0.2, 0.25) is 0 Å². The molecule has 0 radical (unpaired) electrons. The molecule has 0 aliphatic rings. The molecule has 21 heavy (non-hydrogen) atoms. The highest BCUT2D eigenvalue weighted by molar-refractivity contribution is 6.31. The van der Waals surface area contributed by atoms with E-state index in [1.807, 2.05) is 0 Å². The van der Waals surface area contributed by atoms with Gasteiger partial charge in [-0.15, -0.1) is 0 Å². The number of benzene rings is 1. The van der Waals surface area contributed by atoms with Crippen LogP contribution in [0.15, 0.2) is 36.7 Å². The Balaban J connectivity index is 2.30. The number of nitrogens with two attached hydrogens (primary N) is 1. The fraction of sp³-hybridized carbons (Fsp3) is 0.0769. The monoisotopic (exact) mass is 315 g/mol. The molecule has 0 fully saturated rings. The first kappa shape index (κ1) is 15.1. The fourth-order valence-electron chi connectivity index (χ4n) is 1.62. The van der Waals surface area contributed by atoms with Crippen LogP contribution in [0.2, 0.25) is 5.02 Å². The number of alkyl halides is 3. The molecule has 0 unspecified atom stereocenters. The van der Waals surface area contributed by atoms with Gasteiger partial charge in [0.15, 0.2) is 0 Å². The number of amides is 1. The molecule has 0 aliphatic heterocycles. The molecule has 110 valence electrons. The van der Waals surface area contributed by atoms with Crippen molar-refractivity contribution in [3.05, 3.63) is 52.8 Å². The minimum Gasteiger partial charge on any atom is -0.398 e. The number of nitrogen functional groups attached to an aromatic ring is 1. The fourth-order valence-corrected chi connectivity index (χ4v) is 1.85. The molecular weight excluding hydrogens is 307 g/mol. The van der Waals surface area contributed by atoms with Crippen molar-refractivity contribution >= 4 is 28.9 Å². The van der Waals surface area contributed by atoms with E-state index in [0.29, 0.717) is 0 Å². The smallest absolute Gasteiger partial charge is 0.398 e. The van der Waals surface area contributed by atoms with Crippen molar-refractivity contribution in [3.8, 4) is 0 Å². The van der Waals surface area contributed by atoms with Gasteiger partial charge in [-0.25, -0.2) is 0 Å². The summed E-state index contributed by atoms with van der Waals surface area (Å²) in [6.45, 7) is 0. The van der Waals surface area contributed by atoms with Crippen LogP contribution in [0.5, 0.6) is 0 Å². The van der Waals surface area contributed by atoms with Gasteiger partial charge < -0.3 is 11.1 Å². The predicted octanol–water partition coefficient (Wildman–Crippen LogP) is 3.59. The maximum Gasteiger partial charge on any atom is 0.416 e. The molecule has 0 spiro atoms. The van der Waals surface area contributed by atoms with Gasteiger partial charge in [0, 0.05) is 28.8 Å². The van der Waals surface area contributed by atoms with E-state index in [1.54, 1.807) is 0 Å². The van der Waals surface area contributed by atoms with Gasteiger partial charge in [-0.05, 0) is 24.3 Å². The minimum absolute atomic E-state index is 0.0611. The lowest BCUT2D eigenvalue weighted by molar-refractivity contribution is -0.137. The standard InChI is InChI=1S/C13H9ClF3N3O/c14-8-3-7(13(15,16)17)4-9(5-8)20-12(21)10-6-19-2-1-11(10)18/h1-6H,(H2,18,19)(H,20,21). The number of rotatable bonds is 2. The number of hydrogen-bond donors (Lipinski definition) is 2. The van der Waals surface area contributed by atoms with Gasteiger partial charge in [0.1, 0.15) is 0 Å². The van der Waals surface area contributed by atoms with Gasteiger partial charge in [-0.1, -0.05) is 11.6 Å². The van der Waals surface area contributed by atoms with Crippen molar-refractivity contribution in [3.63, 3.8) is 0 Å². The van der Waals surface area contributed by atoms with Crippen LogP contribution in [0.25, 0.3) is 0 Å². The summed E-state index contributed by atoms with van der Waals surface area (Å²) in [5.41, 5.74) is 4.79. The third kappa shape index (κ3) is 3.63. The largest absolute Gasteiger partial charge is 0.416 e. The Morgan fingerprint density at radius 1 is 1.29 bits per heavy atom. The third-order valence-corrected chi connectivity index (χ3v) is 2.80. The second-order valence-electron chi connectivity index (χ2n) is 4.14. The highest BCUT2D eigenvalue weighted by Gasteiger charge is 2.31. The Kier molecular flexibility index (Phi) is 4.04. The minimum atomic E-state index is -4.56. The zero-order valence-corrected chi connectivity index (χ0v) is 11.2. The first-order valence-electron chi connectivity index (χ1n) is 5.66. The number of anilines is 2. The molecule has 0 bridgehead atoms. The zero-order valence-electron chi connectivity index (χ0n) is 10.4. The Bertz CT molecular complexity index is 689. The van der Waals surface area contributed by atoms with Crippen LogP contribution in [0.3, 0.4) is 0 Å². The van der Waals surface area contributed by atoms with Crippen LogP contribution >= 0.6 is 11.6 Å². The molecule has 4 nitrogen and oxygen atoms in total. The first-order valence-corrected chi connectivity index (χ1v) is 6.04. The molecule has 3 N–H and O–H groups in total. The highest BCUT2D eigenvalue weighted by Crippen LogP contribution is 2.33. The predicted molar refractivity (Wildman–Crippen MR) is 73.1 cm³/mol. The van der Waals surface area contributed by atoms with Gasteiger partial charge in [-0.3, -0.25) is 9.78 Å². The van der Waals surface area contributed by atoms with Crippen molar-refractivity contribution in [1.29, 1.82) is 0 Å². The Labute approximate surface area is 122 Å². The summed E-state index contributed by atoms with van der Waals surface area (Å²) in [5, 5.41) is 2.17. The lowest BCUT2D eigenvalue weighted by Crippen LogP contribution is -2.15. The highest BCUT2D eigenvalue weighted by atomic mass is 35.5. The SMILES string of the molecule is Nc1ccncc1C(=O)Nc1cc(Cl)cc(C(F)(F)F)c1. The van der Waals surface area contributed by atoms with Crippen molar-refractivity contribution in [1.82, 2.24) is 4.98 Å². The van der Waals surface area contributed by atoms with Gasteiger partial charge in [0.25, 0.3) is 5.91 Å². The average molecular weight is 316 g/mol. The normalized spacial score (nSPS) is 11.2. The number of aromatic nitrogens is 1. The summed E-state index contributed by atoms with van der Waals surface area (Å²) in [4.78, 5) is 15.7. The van der Waals surface area contributed by atoms with E-state index >= 15 is 0 Å². The lowest BCUT2D eigenvalue weighted by Gasteiger charge is -2.11. The molecule has 1 aromatic heterocycles. The number of hydrogen-bond acceptors (Lipinski definition) is 3. The summed E-state index contributed by atoms with van der Waals surface area (Å²) in [6, 6.07) is 4.18. The van der Waals surface area contributed by atoms with E-state index in [0.717, 1.165) is 12.1 Å². The number of carbonyl (C=O) groups is 1. The molecule has 0 saturated heterocycles. The van der Waals surface area contributed by atoms with E-state index in [-0.39, 0.29) is 22.0 Å². The van der Waals surface area contributed by atoms with Crippen LogP contribution in [0.4, 0.5) is 24.5 Å². The Morgan fingerprint density at radius 3 is 2.62 bits per heavy atom. The van der Waals surface area contributed by atoms with Crippen LogP contribution in [0, 0.1) is 0 Å². The molecule has 0 saturated carbocycles. The van der Waals surface area contributed by atoms with E-state index < -0.39 is 17.6 Å². The molecule has 2 aromatic rings. The first-order chi connectivity index (χ1) is 9.77. The molecule has 1 aromatic carbocycles. The van der Waals surface area contributed by atoms with Crippen molar-refractivity contribution in [2.75, 3.05) is 11.1 Å². The number of halogens is 4. The van der Waals surface area contributed by atoms with E-state index in [1.165, 1.54) is 24.5 Å². The summed E-state index contributed by atoms with van der Waals surface area (Å²) in [6.07, 6.45) is -1.94. The van der Waals surface area contributed by atoms with Crippen molar-refractivity contribution in [2.24, 2.45) is 0 Å². The van der Waals surface area contributed by atoms with E-state index in [2.05, 4.69) is 10.3 Å². The van der Waals surface area contributed by atoms with Crippen LogP contribution in [-0.2, 0) is 6.18 Å². The van der Waals surface area contributed by atoms with E-state index in [9.17, 15) is 18.0 Å². The third-order valence-electron chi connectivity index (χ3n) is 2.58.